The van der Waals surface area contributed by atoms with Gasteiger partial charge in [-0.15, -0.1) is 0 Å². The first-order valence-corrected chi connectivity index (χ1v) is 6.62. The van der Waals surface area contributed by atoms with Crippen LogP contribution in [-0.4, -0.2) is 19.5 Å². The van der Waals surface area contributed by atoms with Crippen LogP contribution >= 0.6 is 31.9 Å². The lowest BCUT2D eigenvalue weighted by Crippen LogP contribution is -2.14. The molecule has 0 aliphatic heterocycles. The Kier molecular flexibility index (Phi) is 3.54. The van der Waals surface area contributed by atoms with Gasteiger partial charge in [0.1, 0.15) is 0 Å². The van der Waals surface area contributed by atoms with E-state index in [9.17, 15) is 13.2 Å². The standard InChI is InChI=1S/C7H5Br2NO4S/c8-4-2-5(9)6(15(10,13)14)1-3(4)7(11)12/h1-2H,(H,11,12)(H2,10,13,14). The Hall–Kier alpha value is -0.440. The molecule has 0 aliphatic carbocycles. The van der Waals surface area contributed by atoms with Crippen LogP contribution in [0, 0.1) is 0 Å². The van der Waals surface area contributed by atoms with E-state index in [0.717, 1.165) is 6.07 Å². The van der Waals surface area contributed by atoms with Crippen LogP contribution in [0.1, 0.15) is 10.4 Å². The molecular formula is C7H5Br2NO4S. The molecule has 0 amide bonds. The van der Waals surface area contributed by atoms with Crippen molar-refractivity contribution in [2.75, 3.05) is 0 Å². The van der Waals surface area contributed by atoms with Gasteiger partial charge in [0.05, 0.1) is 10.5 Å². The van der Waals surface area contributed by atoms with Crippen LogP contribution in [0.15, 0.2) is 26.0 Å². The van der Waals surface area contributed by atoms with Gasteiger partial charge < -0.3 is 5.11 Å². The molecule has 0 radical (unpaired) electrons. The summed E-state index contributed by atoms with van der Waals surface area (Å²) in [5.41, 5.74) is -0.165. The van der Waals surface area contributed by atoms with E-state index in [2.05, 4.69) is 31.9 Å². The molecule has 1 aromatic rings. The second-order valence-electron chi connectivity index (χ2n) is 2.61. The number of benzene rings is 1. The molecule has 0 bridgehead atoms. The highest BCUT2D eigenvalue weighted by Gasteiger charge is 2.18. The van der Waals surface area contributed by atoms with Crippen molar-refractivity contribution in [3.8, 4) is 0 Å². The zero-order chi connectivity index (χ0) is 11.8. The molecule has 0 saturated carbocycles. The zero-order valence-corrected chi connectivity index (χ0v) is 11.1. The summed E-state index contributed by atoms with van der Waals surface area (Å²) < 4.78 is 22.6. The number of aromatic carboxylic acids is 1. The van der Waals surface area contributed by atoms with E-state index in [1.807, 2.05) is 0 Å². The zero-order valence-electron chi connectivity index (χ0n) is 7.07. The molecule has 0 unspecified atom stereocenters. The second kappa shape index (κ2) is 4.20. The molecule has 0 heterocycles. The highest BCUT2D eigenvalue weighted by Crippen LogP contribution is 2.28. The molecule has 8 heteroatoms. The molecule has 0 atom stereocenters. The first-order chi connectivity index (χ1) is 6.73. The maximum atomic E-state index is 11.1. The number of rotatable bonds is 2. The molecule has 3 N–H and O–H groups in total. The van der Waals surface area contributed by atoms with E-state index in [0.29, 0.717) is 0 Å². The molecule has 1 rings (SSSR count). The SMILES string of the molecule is NS(=O)(=O)c1cc(C(=O)O)c(Br)cc1Br. The van der Waals surface area contributed by atoms with Crippen LogP contribution < -0.4 is 5.14 Å². The summed E-state index contributed by atoms with van der Waals surface area (Å²) in [6.07, 6.45) is 0. The minimum atomic E-state index is -3.94. The van der Waals surface area contributed by atoms with Gasteiger partial charge in [-0.05, 0) is 44.0 Å². The number of nitrogens with two attached hydrogens (primary N) is 1. The fraction of sp³-hybridized carbons (Fsp3) is 0. The fourth-order valence-electron chi connectivity index (χ4n) is 0.911. The number of primary sulfonamides is 1. The topological polar surface area (TPSA) is 97.5 Å². The number of carboxylic acid groups (broad SMARTS) is 1. The first-order valence-electron chi connectivity index (χ1n) is 3.48. The van der Waals surface area contributed by atoms with E-state index >= 15 is 0 Å². The lowest BCUT2D eigenvalue weighted by atomic mass is 10.2. The molecule has 0 saturated heterocycles. The van der Waals surface area contributed by atoms with Gasteiger partial charge in [0, 0.05) is 8.95 Å². The Morgan fingerprint density at radius 3 is 2.20 bits per heavy atom. The monoisotopic (exact) mass is 357 g/mol. The molecule has 82 valence electrons. The molecular weight excluding hydrogens is 354 g/mol. The predicted octanol–water partition coefficient (Wildman–Crippen LogP) is 1.56. The van der Waals surface area contributed by atoms with Crippen LogP contribution in [0.25, 0.3) is 0 Å². The van der Waals surface area contributed by atoms with E-state index in [1.165, 1.54) is 6.07 Å². The predicted molar refractivity (Wildman–Crippen MR) is 60.2 cm³/mol. The summed E-state index contributed by atoms with van der Waals surface area (Å²) in [5.74, 6) is -1.24. The summed E-state index contributed by atoms with van der Waals surface area (Å²) in [7, 11) is -3.94. The number of sulfonamides is 1. The molecule has 5 nitrogen and oxygen atoms in total. The van der Waals surface area contributed by atoms with Crippen molar-refractivity contribution in [1.29, 1.82) is 0 Å². The van der Waals surface area contributed by atoms with Gasteiger partial charge in [0.2, 0.25) is 10.0 Å². The maximum Gasteiger partial charge on any atom is 0.336 e. The van der Waals surface area contributed by atoms with Gasteiger partial charge in [0.25, 0.3) is 0 Å². The van der Waals surface area contributed by atoms with E-state index < -0.39 is 16.0 Å². The molecule has 0 fully saturated rings. The number of carbonyl (C=O) groups is 1. The minimum absolute atomic E-state index is 0.165. The highest BCUT2D eigenvalue weighted by atomic mass is 79.9. The number of carboxylic acids is 1. The Bertz CT molecular complexity index is 526. The summed E-state index contributed by atoms with van der Waals surface area (Å²) in [6, 6.07) is 2.31. The van der Waals surface area contributed by atoms with Crippen molar-refractivity contribution in [2.24, 2.45) is 5.14 Å². The van der Waals surface area contributed by atoms with Crippen LogP contribution in [0.3, 0.4) is 0 Å². The van der Waals surface area contributed by atoms with Crippen LogP contribution in [0.2, 0.25) is 0 Å². The van der Waals surface area contributed by atoms with Crippen LogP contribution in [0.4, 0.5) is 0 Å². The largest absolute Gasteiger partial charge is 0.478 e. The Morgan fingerprint density at radius 1 is 1.27 bits per heavy atom. The normalized spacial score (nSPS) is 11.4. The van der Waals surface area contributed by atoms with Crippen molar-refractivity contribution < 1.29 is 18.3 Å². The number of hydrogen-bond acceptors (Lipinski definition) is 3. The van der Waals surface area contributed by atoms with E-state index in [-0.39, 0.29) is 19.4 Å². The molecule has 0 aliphatic rings. The average Bonchev–Trinajstić information content (AvgIpc) is 2.00. The Labute approximate surface area is 103 Å². The number of halogens is 2. The summed E-state index contributed by atoms with van der Waals surface area (Å²) >= 11 is 5.99. The van der Waals surface area contributed by atoms with Crippen molar-refractivity contribution in [3.63, 3.8) is 0 Å². The lowest BCUT2D eigenvalue weighted by molar-refractivity contribution is 0.0695. The van der Waals surface area contributed by atoms with Gasteiger partial charge in [-0.3, -0.25) is 0 Å². The van der Waals surface area contributed by atoms with Crippen molar-refractivity contribution in [3.05, 3.63) is 26.6 Å². The Balaban J connectivity index is 3.58. The van der Waals surface area contributed by atoms with Gasteiger partial charge in [0.15, 0.2) is 0 Å². The summed E-state index contributed by atoms with van der Waals surface area (Å²) in [6.45, 7) is 0. The lowest BCUT2D eigenvalue weighted by Gasteiger charge is -2.05. The smallest absolute Gasteiger partial charge is 0.336 e. The third kappa shape index (κ3) is 2.77. The van der Waals surface area contributed by atoms with E-state index in [1.54, 1.807) is 0 Å². The average molecular weight is 359 g/mol. The highest BCUT2D eigenvalue weighted by molar-refractivity contribution is 9.11. The summed E-state index contributed by atoms with van der Waals surface area (Å²) in [5, 5.41) is 13.7. The molecule has 0 aromatic heterocycles. The van der Waals surface area contributed by atoms with Crippen molar-refractivity contribution in [2.45, 2.75) is 4.90 Å². The van der Waals surface area contributed by atoms with Gasteiger partial charge in [-0.25, -0.2) is 18.4 Å². The molecule has 15 heavy (non-hydrogen) atoms. The quantitative estimate of drug-likeness (QED) is 0.838. The van der Waals surface area contributed by atoms with E-state index in [4.69, 9.17) is 10.2 Å². The molecule has 1 aromatic carbocycles. The minimum Gasteiger partial charge on any atom is -0.478 e. The number of hydrogen-bond donors (Lipinski definition) is 2. The van der Waals surface area contributed by atoms with Crippen molar-refractivity contribution in [1.82, 2.24) is 0 Å². The first kappa shape index (κ1) is 12.6. The third-order valence-electron chi connectivity index (χ3n) is 1.56. The van der Waals surface area contributed by atoms with Gasteiger partial charge in [-0.2, -0.15) is 0 Å². The van der Waals surface area contributed by atoms with Crippen LogP contribution in [0.5, 0.6) is 0 Å². The fourth-order valence-corrected chi connectivity index (χ4v) is 3.36. The Morgan fingerprint density at radius 2 is 1.80 bits per heavy atom. The van der Waals surface area contributed by atoms with Crippen molar-refractivity contribution >= 4 is 47.9 Å². The van der Waals surface area contributed by atoms with Crippen LogP contribution in [-0.2, 0) is 10.0 Å². The molecule has 0 spiro atoms. The maximum absolute atomic E-state index is 11.1. The van der Waals surface area contributed by atoms with Gasteiger partial charge >= 0.3 is 5.97 Å². The summed E-state index contributed by atoms with van der Waals surface area (Å²) in [4.78, 5) is 10.5. The second-order valence-corrected chi connectivity index (χ2v) is 5.85. The third-order valence-corrected chi connectivity index (χ3v) is 4.08. The van der Waals surface area contributed by atoms with Gasteiger partial charge in [-0.1, -0.05) is 0 Å².